The van der Waals surface area contributed by atoms with Gasteiger partial charge in [0.15, 0.2) is 6.10 Å². The summed E-state index contributed by atoms with van der Waals surface area (Å²) in [4.78, 5) is 21.6. The van der Waals surface area contributed by atoms with Gasteiger partial charge in [0, 0.05) is 0 Å². The molecule has 1 heterocycles. The lowest BCUT2D eigenvalue weighted by Gasteiger charge is -2.11. The number of carbonyl (C=O) groups is 2. The average Bonchev–Trinajstić information content (AvgIpc) is 2.72. The minimum absolute atomic E-state index is 0.241. The molecule has 96 valence electrons. The molecule has 1 fully saturated rings. The van der Waals surface area contributed by atoms with Crippen molar-refractivity contribution in [1.29, 1.82) is 0 Å². The van der Waals surface area contributed by atoms with Crippen LogP contribution in [0, 0.1) is 6.92 Å². The first-order valence-electron chi connectivity index (χ1n) is 5.47. The lowest BCUT2D eigenvalue weighted by molar-refractivity contribution is 0.0695. The Hall–Kier alpha value is -2.24. The van der Waals surface area contributed by atoms with Gasteiger partial charge >= 0.3 is 12.1 Å². The van der Waals surface area contributed by atoms with Gasteiger partial charge in [-0.15, -0.1) is 0 Å². The van der Waals surface area contributed by atoms with Gasteiger partial charge in [0.05, 0.1) is 12.1 Å². The fourth-order valence-corrected chi connectivity index (χ4v) is 1.68. The monoisotopic (exact) mass is 251 g/mol. The number of amides is 1. The number of ether oxygens (including phenoxy) is 2. The van der Waals surface area contributed by atoms with Gasteiger partial charge in [-0.25, -0.2) is 9.59 Å². The summed E-state index contributed by atoms with van der Waals surface area (Å²) in [6.45, 7) is 2.36. The van der Waals surface area contributed by atoms with Crippen molar-refractivity contribution in [1.82, 2.24) is 5.32 Å². The molecule has 1 atom stereocenters. The maximum Gasteiger partial charge on any atom is 0.407 e. The minimum atomic E-state index is -0.965. The van der Waals surface area contributed by atoms with E-state index in [0.717, 1.165) is 0 Å². The summed E-state index contributed by atoms with van der Waals surface area (Å²) >= 11 is 0. The molecule has 0 saturated carbocycles. The lowest BCUT2D eigenvalue weighted by Crippen LogP contribution is -2.22. The van der Waals surface area contributed by atoms with Crippen LogP contribution < -0.4 is 10.1 Å². The molecule has 0 radical (unpaired) electrons. The highest BCUT2D eigenvalue weighted by Crippen LogP contribution is 2.18. The van der Waals surface area contributed by atoms with Crippen LogP contribution in [-0.4, -0.2) is 36.4 Å². The van der Waals surface area contributed by atoms with Crippen LogP contribution in [0.2, 0.25) is 0 Å². The van der Waals surface area contributed by atoms with Crippen molar-refractivity contribution in [3.63, 3.8) is 0 Å². The predicted molar refractivity (Wildman–Crippen MR) is 61.9 cm³/mol. The molecule has 0 aliphatic carbocycles. The summed E-state index contributed by atoms with van der Waals surface area (Å²) in [6.07, 6.45) is -0.752. The Morgan fingerprint density at radius 3 is 2.94 bits per heavy atom. The van der Waals surface area contributed by atoms with Crippen LogP contribution >= 0.6 is 0 Å². The molecule has 6 heteroatoms. The number of alkyl carbamates (subject to hydrolysis) is 1. The number of carboxylic acid groups (broad SMARTS) is 1. The van der Waals surface area contributed by atoms with E-state index < -0.39 is 12.1 Å². The van der Waals surface area contributed by atoms with Crippen molar-refractivity contribution >= 4 is 12.1 Å². The quantitative estimate of drug-likeness (QED) is 0.839. The standard InChI is InChI=1S/C12H13NO5/c1-7-4-8(2-3-10(7)11(14)15)17-6-9-5-13-12(16)18-9/h2-4,9H,5-6H2,1H3,(H,13,16)(H,14,15). The topological polar surface area (TPSA) is 84.9 Å². The normalized spacial score (nSPS) is 18.1. The maximum absolute atomic E-state index is 10.8. The van der Waals surface area contributed by atoms with E-state index in [4.69, 9.17) is 14.6 Å². The van der Waals surface area contributed by atoms with Crippen LogP contribution in [0.25, 0.3) is 0 Å². The zero-order valence-corrected chi connectivity index (χ0v) is 9.80. The largest absolute Gasteiger partial charge is 0.490 e. The van der Waals surface area contributed by atoms with Crippen molar-refractivity contribution < 1.29 is 24.2 Å². The molecule has 6 nitrogen and oxygen atoms in total. The van der Waals surface area contributed by atoms with Crippen molar-refractivity contribution in [2.75, 3.05) is 13.2 Å². The first-order valence-corrected chi connectivity index (χ1v) is 5.47. The van der Waals surface area contributed by atoms with Gasteiger partial charge in [0.2, 0.25) is 0 Å². The molecular weight excluding hydrogens is 238 g/mol. The van der Waals surface area contributed by atoms with Crippen LogP contribution in [0.5, 0.6) is 5.75 Å². The number of hydrogen-bond donors (Lipinski definition) is 2. The van der Waals surface area contributed by atoms with Gasteiger partial charge in [0.1, 0.15) is 12.4 Å². The van der Waals surface area contributed by atoms with E-state index in [2.05, 4.69) is 5.32 Å². The smallest absolute Gasteiger partial charge is 0.407 e. The van der Waals surface area contributed by atoms with Gasteiger partial charge in [-0.05, 0) is 30.7 Å². The molecule has 0 aromatic heterocycles. The van der Waals surface area contributed by atoms with Crippen LogP contribution in [-0.2, 0) is 4.74 Å². The first-order chi connectivity index (χ1) is 8.56. The number of rotatable bonds is 4. The summed E-state index contributed by atoms with van der Waals surface area (Å²) in [5.74, 6) is -0.409. The Bertz CT molecular complexity index is 485. The van der Waals surface area contributed by atoms with E-state index in [1.165, 1.54) is 6.07 Å². The van der Waals surface area contributed by atoms with Gasteiger partial charge < -0.3 is 19.9 Å². The molecule has 1 saturated heterocycles. The van der Waals surface area contributed by atoms with Gasteiger partial charge in [-0.2, -0.15) is 0 Å². The minimum Gasteiger partial charge on any atom is -0.490 e. The molecule has 0 bridgehead atoms. The number of aryl methyl sites for hydroxylation is 1. The second kappa shape index (κ2) is 4.95. The van der Waals surface area contributed by atoms with E-state index in [9.17, 15) is 9.59 Å². The number of aromatic carboxylic acids is 1. The first kappa shape index (κ1) is 12.2. The van der Waals surface area contributed by atoms with Crippen LogP contribution in [0.3, 0.4) is 0 Å². The molecule has 1 aromatic rings. The molecule has 1 aromatic carbocycles. The Labute approximate surface area is 104 Å². The SMILES string of the molecule is Cc1cc(OCC2CNC(=O)O2)ccc1C(=O)O. The highest BCUT2D eigenvalue weighted by Gasteiger charge is 2.22. The summed E-state index contributed by atoms with van der Waals surface area (Å²) in [7, 11) is 0. The zero-order valence-electron chi connectivity index (χ0n) is 9.80. The summed E-state index contributed by atoms with van der Waals surface area (Å²) in [6, 6.07) is 4.72. The molecule has 1 aliphatic heterocycles. The predicted octanol–water partition coefficient (Wildman–Crippen LogP) is 1.18. The van der Waals surface area contributed by atoms with Crippen LogP contribution in [0.15, 0.2) is 18.2 Å². The fourth-order valence-electron chi connectivity index (χ4n) is 1.68. The lowest BCUT2D eigenvalue weighted by atomic mass is 10.1. The third kappa shape index (κ3) is 2.71. The third-order valence-corrected chi connectivity index (χ3v) is 2.61. The molecule has 2 N–H and O–H groups in total. The van der Waals surface area contributed by atoms with Crippen LogP contribution in [0.4, 0.5) is 4.79 Å². The van der Waals surface area contributed by atoms with Crippen molar-refractivity contribution in [3.05, 3.63) is 29.3 Å². The number of cyclic esters (lactones) is 1. The van der Waals surface area contributed by atoms with Crippen molar-refractivity contribution in [2.45, 2.75) is 13.0 Å². The number of benzene rings is 1. The number of carbonyl (C=O) groups excluding carboxylic acids is 1. The van der Waals surface area contributed by atoms with E-state index in [-0.39, 0.29) is 18.3 Å². The van der Waals surface area contributed by atoms with Crippen LogP contribution in [0.1, 0.15) is 15.9 Å². The Kier molecular flexibility index (Phi) is 3.36. The van der Waals surface area contributed by atoms with Crippen molar-refractivity contribution in [3.8, 4) is 5.75 Å². The van der Waals surface area contributed by atoms with E-state index in [0.29, 0.717) is 17.9 Å². The average molecular weight is 251 g/mol. The number of carboxylic acids is 1. The van der Waals surface area contributed by atoms with E-state index >= 15 is 0 Å². The van der Waals surface area contributed by atoms with Gasteiger partial charge in [-0.3, -0.25) is 0 Å². The molecule has 1 aliphatic rings. The Morgan fingerprint density at radius 2 is 2.39 bits per heavy atom. The van der Waals surface area contributed by atoms with Crippen molar-refractivity contribution in [2.24, 2.45) is 0 Å². The highest BCUT2D eigenvalue weighted by atomic mass is 16.6. The molecule has 18 heavy (non-hydrogen) atoms. The summed E-state index contributed by atoms with van der Waals surface area (Å²) < 4.78 is 10.3. The summed E-state index contributed by atoms with van der Waals surface area (Å²) in [5, 5.41) is 11.4. The maximum atomic E-state index is 10.8. The Balaban J connectivity index is 1.96. The second-order valence-corrected chi connectivity index (χ2v) is 4.00. The zero-order chi connectivity index (χ0) is 13.1. The van der Waals surface area contributed by atoms with E-state index in [1.807, 2.05) is 0 Å². The van der Waals surface area contributed by atoms with Gasteiger partial charge in [0.25, 0.3) is 0 Å². The third-order valence-electron chi connectivity index (χ3n) is 2.61. The second-order valence-electron chi connectivity index (χ2n) is 4.00. The molecular formula is C12H13NO5. The Morgan fingerprint density at radius 1 is 1.61 bits per heavy atom. The fraction of sp³-hybridized carbons (Fsp3) is 0.333. The summed E-state index contributed by atoms with van der Waals surface area (Å²) in [5.41, 5.74) is 0.873. The molecule has 0 spiro atoms. The molecule has 1 unspecified atom stereocenters. The molecule has 1 amide bonds. The van der Waals surface area contributed by atoms with Gasteiger partial charge in [-0.1, -0.05) is 0 Å². The molecule has 2 rings (SSSR count). The number of hydrogen-bond acceptors (Lipinski definition) is 4. The number of nitrogens with one attached hydrogen (secondary N) is 1. The highest BCUT2D eigenvalue weighted by molar-refractivity contribution is 5.89. The van der Waals surface area contributed by atoms with E-state index in [1.54, 1.807) is 19.1 Å².